The van der Waals surface area contributed by atoms with Crippen LogP contribution in [-0.4, -0.2) is 11.1 Å². The molecule has 1 N–H and O–H groups in total. The number of aliphatic carboxylic acids is 1. The lowest BCUT2D eigenvalue weighted by Gasteiger charge is -2.43. The van der Waals surface area contributed by atoms with Gasteiger partial charge in [0.25, 0.3) is 0 Å². The molecule has 0 aromatic carbocycles. The van der Waals surface area contributed by atoms with Crippen LogP contribution in [0.2, 0.25) is 0 Å². The molecular formula is C18H32O2. The minimum atomic E-state index is -0.531. The average molecular weight is 280 g/mol. The van der Waals surface area contributed by atoms with E-state index in [-0.39, 0.29) is 5.92 Å². The molecule has 0 aromatic rings. The van der Waals surface area contributed by atoms with Crippen LogP contribution in [0.1, 0.15) is 72.1 Å². The Kier molecular flexibility index (Phi) is 5.51. The van der Waals surface area contributed by atoms with E-state index in [0.717, 1.165) is 30.6 Å². The van der Waals surface area contributed by atoms with Gasteiger partial charge in [-0.2, -0.15) is 0 Å². The van der Waals surface area contributed by atoms with E-state index < -0.39 is 5.97 Å². The zero-order chi connectivity index (χ0) is 14.7. The molecule has 0 saturated heterocycles. The highest BCUT2D eigenvalue weighted by molar-refractivity contribution is 5.70. The molecule has 0 radical (unpaired) electrons. The summed E-state index contributed by atoms with van der Waals surface area (Å²) in [5, 5.41) is 9.57. The molecule has 2 nitrogen and oxygen atoms in total. The minimum Gasteiger partial charge on any atom is -0.481 e. The molecule has 0 heterocycles. The van der Waals surface area contributed by atoms with E-state index in [9.17, 15) is 9.90 Å². The Morgan fingerprint density at radius 1 is 1.05 bits per heavy atom. The van der Waals surface area contributed by atoms with Crippen molar-refractivity contribution in [1.29, 1.82) is 0 Å². The molecule has 6 unspecified atom stereocenters. The molecule has 0 amide bonds. The lowest BCUT2D eigenvalue weighted by Crippen LogP contribution is -2.38. The molecule has 2 aliphatic carbocycles. The molecule has 2 fully saturated rings. The third-order valence-electron chi connectivity index (χ3n) is 6.27. The first-order valence-corrected chi connectivity index (χ1v) is 8.75. The van der Waals surface area contributed by atoms with E-state index in [1.54, 1.807) is 0 Å². The number of carboxylic acids is 1. The predicted molar refractivity (Wildman–Crippen MR) is 82.5 cm³/mol. The van der Waals surface area contributed by atoms with Gasteiger partial charge in [0.05, 0.1) is 5.92 Å². The highest BCUT2D eigenvalue weighted by Crippen LogP contribution is 2.46. The number of hydrogen-bond acceptors (Lipinski definition) is 1. The summed E-state index contributed by atoms with van der Waals surface area (Å²) in [4.78, 5) is 11.6. The molecule has 0 bridgehead atoms. The molecule has 116 valence electrons. The van der Waals surface area contributed by atoms with Gasteiger partial charge in [-0.25, -0.2) is 0 Å². The summed E-state index contributed by atoms with van der Waals surface area (Å²) in [7, 11) is 0. The van der Waals surface area contributed by atoms with E-state index in [1.165, 1.54) is 38.5 Å². The molecule has 6 atom stereocenters. The van der Waals surface area contributed by atoms with Crippen LogP contribution in [0.5, 0.6) is 0 Å². The molecular weight excluding hydrogens is 248 g/mol. The molecule has 2 saturated carbocycles. The first-order chi connectivity index (χ1) is 9.52. The van der Waals surface area contributed by atoms with Crippen LogP contribution in [0.25, 0.3) is 0 Å². The van der Waals surface area contributed by atoms with Gasteiger partial charge in [0.1, 0.15) is 0 Å². The quantitative estimate of drug-likeness (QED) is 0.789. The van der Waals surface area contributed by atoms with Gasteiger partial charge < -0.3 is 5.11 Å². The fraction of sp³-hybridized carbons (Fsp3) is 0.944. The zero-order valence-corrected chi connectivity index (χ0v) is 13.5. The summed E-state index contributed by atoms with van der Waals surface area (Å²) >= 11 is 0. The average Bonchev–Trinajstić information content (AvgIpc) is 2.42. The van der Waals surface area contributed by atoms with Gasteiger partial charge in [-0.1, -0.05) is 40.0 Å². The van der Waals surface area contributed by atoms with Crippen molar-refractivity contribution in [1.82, 2.24) is 0 Å². The maximum Gasteiger partial charge on any atom is 0.306 e. The number of carbonyl (C=O) groups is 1. The molecule has 2 rings (SSSR count). The van der Waals surface area contributed by atoms with Crippen molar-refractivity contribution in [2.45, 2.75) is 72.1 Å². The number of carboxylic acid groups (broad SMARTS) is 1. The third-order valence-corrected chi connectivity index (χ3v) is 6.27. The number of hydrogen-bond donors (Lipinski definition) is 1. The van der Waals surface area contributed by atoms with E-state index >= 15 is 0 Å². The van der Waals surface area contributed by atoms with Gasteiger partial charge in [-0.3, -0.25) is 4.79 Å². The summed E-state index contributed by atoms with van der Waals surface area (Å²) < 4.78 is 0. The molecule has 0 spiro atoms. The maximum absolute atomic E-state index is 11.6. The van der Waals surface area contributed by atoms with Crippen molar-refractivity contribution in [3.63, 3.8) is 0 Å². The summed E-state index contributed by atoms with van der Waals surface area (Å²) in [6.07, 6.45) is 9.59. The highest BCUT2D eigenvalue weighted by atomic mass is 16.4. The van der Waals surface area contributed by atoms with Crippen LogP contribution >= 0.6 is 0 Å². The Bertz CT molecular complexity index is 325. The summed E-state index contributed by atoms with van der Waals surface area (Å²) in [6, 6.07) is 0. The van der Waals surface area contributed by atoms with Crippen LogP contribution in [0.4, 0.5) is 0 Å². The van der Waals surface area contributed by atoms with Crippen molar-refractivity contribution in [2.75, 3.05) is 0 Å². The van der Waals surface area contributed by atoms with E-state index in [1.807, 2.05) is 0 Å². The van der Waals surface area contributed by atoms with E-state index in [0.29, 0.717) is 11.8 Å². The van der Waals surface area contributed by atoms with Gasteiger partial charge in [-0.05, 0) is 61.7 Å². The lowest BCUT2D eigenvalue weighted by atomic mass is 9.62. The second-order valence-corrected chi connectivity index (χ2v) is 7.60. The Morgan fingerprint density at radius 2 is 1.80 bits per heavy atom. The Balaban J connectivity index is 2.05. The lowest BCUT2D eigenvalue weighted by molar-refractivity contribution is -0.147. The monoisotopic (exact) mass is 280 g/mol. The van der Waals surface area contributed by atoms with Crippen molar-refractivity contribution in [2.24, 2.45) is 35.5 Å². The third kappa shape index (κ3) is 3.56. The SMILES string of the molecule is CCCC1CCC(C(=O)O)C(C2CCC(C)C(C)C2)C1. The van der Waals surface area contributed by atoms with Gasteiger partial charge in [0, 0.05) is 0 Å². The van der Waals surface area contributed by atoms with Crippen LogP contribution < -0.4 is 0 Å². The first-order valence-electron chi connectivity index (χ1n) is 8.75. The van der Waals surface area contributed by atoms with E-state index in [2.05, 4.69) is 20.8 Å². The number of rotatable bonds is 4. The van der Waals surface area contributed by atoms with Gasteiger partial charge >= 0.3 is 5.97 Å². The largest absolute Gasteiger partial charge is 0.481 e. The van der Waals surface area contributed by atoms with Gasteiger partial charge in [0.15, 0.2) is 0 Å². The summed E-state index contributed by atoms with van der Waals surface area (Å²) in [6.45, 7) is 6.97. The maximum atomic E-state index is 11.6. The standard InChI is InChI=1S/C18H32O2/c1-4-5-14-7-9-16(18(19)20)17(11-14)15-8-6-12(2)13(3)10-15/h12-17H,4-11H2,1-3H3,(H,19,20). The van der Waals surface area contributed by atoms with Crippen LogP contribution in [-0.2, 0) is 4.79 Å². The van der Waals surface area contributed by atoms with E-state index in [4.69, 9.17) is 0 Å². The van der Waals surface area contributed by atoms with Crippen molar-refractivity contribution < 1.29 is 9.90 Å². The second-order valence-electron chi connectivity index (χ2n) is 7.60. The van der Waals surface area contributed by atoms with Crippen LogP contribution in [0.3, 0.4) is 0 Å². The smallest absolute Gasteiger partial charge is 0.306 e. The van der Waals surface area contributed by atoms with Gasteiger partial charge in [0.2, 0.25) is 0 Å². The van der Waals surface area contributed by atoms with Crippen molar-refractivity contribution in [3.05, 3.63) is 0 Å². The van der Waals surface area contributed by atoms with Crippen molar-refractivity contribution in [3.8, 4) is 0 Å². The second kappa shape index (κ2) is 6.95. The zero-order valence-electron chi connectivity index (χ0n) is 13.5. The molecule has 2 heteroatoms. The Hall–Kier alpha value is -0.530. The fourth-order valence-corrected chi connectivity index (χ4v) is 4.77. The molecule has 2 aliphatic rings. The molecule has 0 aliphatic heterocycles. The van der Waals surface area contributed by atoms with Crippen LogP contribution in [0, 0.1) is 35.5 Å². The summed E-state index contributed by atoms with van der Waals surface area (Å²) in [5.41, 5.74) is 0. The minimum absolute atomic E-state index is 0.0614. The van der Waals surface area contributed by atoms with Gasteiger partial charge in [-0.15, -0.1) is 0 Å². The van der Waals surface area contributed by atoms with Crippen molar-refractivity contribution >= 4 is 5.97 Å². The first kappa shape index (κ1) is 15.9. The fourth-order valence-electron chi connectivity index (χ4n) is 4.77. The van der Waals surface area contributed by atoms with Crippen LogP contribution in [0.15, 0.2) is 0 Å². The predicted octanol–water partition coefficient (Wildman–Crippen LogP) is 4.98. The normalized spacial score (nSPS) is 42.4. The Morgan fingerprint density at radius 3 is 2.40 bits per heavy atom. The Labute approximate surface area is 124 Å². The topological polar surface area (TPSA) is 37.3 Å². The molecule has 0 aromatic heterocycles. The molecule has 20 heavy (non-hydrogen) atoms. The summed E-state index contributed by atoms with van der Waals surface area (Å²) in [5.74, 6) is 2.91. The highest BCUT2D eigenvalue weighted by Gasteiger charge is 2.41.